The molecule has 0 unspecified atom stereocenters. The van der Waals surface area contributed by atoms with Crippen molar-refractivity contribution >= 4 is 17.4 Å². The fourth-order valence-corrected chi connectivity index (χ4v) is 2.13. The zero-order valence-corrected chi connectivity index (χ0v) is 13.1. The number of hydrogen-bond donors (Lipinski definition) is 1. The SMILES string of the molecule is COc1ccc([N+](=O)[O-])c(NC(=O)Cc2cc(C)ccc2C)n1. The number of nitrogens with one attached hydrogen (secondary N) is 1. The van der Waals surface area contributed by atoms with Crippen molar-refractivity contribution in [3.8, 4) is 5.88 Å². The van der Waals surface area contributed by atoms with Crippen LogP contribution in [0.1, 0.15) is 16.7 Å². The first-order valence-corrected chi connectivity index (χ1v) is 6.96. The minimum absolute atomic E-state index is 0.115. The van der Waals surface area contributed by atoms with Gasteiger partial charge in [-0.15, -0.1) is 0 Å². The van der Waals surface area contributed by atoms with Gasteiger partial charge in [-0.2, -0.15) is 4.98 Å². The van der Waals surface area contributed by atoms with Gasteiger partial charge in [0.05, 0.1) is 18.5 Å². The van der Waals surface area contributed by atoms with Gasteiger partial charge in [-0.1, -0.05) is 23.8 Å². The minimum Gasteiger partial charge on any atom is -0.481 e. The van der Waals surface area contributed by atoms with E-state index in [1.807, 2.05) is 32.0 Å². The third kappa shape index (κ3) is 4.03. The van der Waals surface area contributed by atoms with E-state index in [1.165, 1.54) is 19.2 Å². The molecule has 7 heteroatoms. The van der Waals surface area contributed by atoms with Gasteiger partial charge < -0.3 is 10.1 Å². The molecule has 7 nitrogen and oxygen atoms in total. The number of amides is 1. The van der Waals surface area contributed by atoms with Gasteiger partial charge >= 0.3 is 5.69 Å². The lowest BCUT2D eigenvalue weighted by atomic mass is 10.0. The average Bonchev–Trinajstić information content (AvgIpc) is 2.50. The van der Waals surface area contributed by atoms with Crippen molar-refractivity contribution in [2.75, 3.05) is 12.4 Å². The standard InChI is InChI=1S/C16H17N3O4/c1-10-4-5-11(2)12(8-10)9-14(20)17-16-13(19(21)22)6-7-15(18-16)23-3/h4-8H,9H2,1-3H3,(H,17,18,20). The minimum atomic E-state index is -0.597. The Bertz CT molecular complexity index is 759. The first kappa shape index (κ1) is 16.4. The van der Waals surface area contributed by atoms with Crippen LogP contribution in [0.5, 0.6) is 5.88 Å². The smallest absolute Gasteiger partial charge is 0.312 e. The van der Waals surface area contributed by atoms with E-state index < -0.39 is 4.92 Å². The van der Waals surface area contributed by atoms with Crippen LogP contribution >= 0.6 is 0 Å². The van der Waals surface area contributed by atoms with Gasteiger partial charge in [-0.25, -0.2) is 0 Å². The zero-order valence-electron chi connectivity index (χ0n) is 13.1. The Kier molecular flexibility index (Phi) is 4.90. The molecule has 1 aromatic carbocycles. The van der Waals surface area contributed by atoms with Crippen molar-refractivity contribution in [3.05, 3.63) is 57.1 Å². The van der Waals surface area contributed by atoms with Crippen molar-refractivity contribution in [2.45, 2.75) is 20.3 Å². The topological polar surface area (TPSA) is 94.4 Å². The Balaban J connectivity index is 2.22. The van der Waals surface area contributed by atoms with Gasteiger partial charge in [0, 0.05) is 12.1 Å². The number of rotatable bonds is 5. The maximum absolute atomic E-state index is 12.2. The Morgan fingerprint density at radius 2 is 2.04 bits per heavy atom. The fraction of sp³-hybridized carbons (Fsp3) is 0.250. The van der Waals surface area contributed by atoms with Crippen LogP contribution in [-0.4, -0.2) is 22.9 Å². The molecule has 0 fully saturated rings. The molecule has 0 radical (unpaired) electrons. The Hall–Kier alpha value is -2.96. The summed E-state index contributed by atoms with van der Waals surface area (Å²) in [6, 6.07) is 8.44. The summed E-state index contributed by atoms with van der Waals surface area (Å²) in [5, 5.41) is 13.5. The summed E-state index contributed by atoms with van der Waals surface area (Å²) in [7, 11) is 1.40. The highest BCUT2D eigenvalue weighted by Gasteiger charge is 2.19. The van der Waals surface area contributed by atoms with Crippen LogP contribution < -0.4 is 10.1 Å². The second-order valence-corrected chi connectivity index (χ2v) is 5.13. The number of benzene rings is 1. The highest BCUT2D eigenvalue weighted by molar-refractivity contribution is 5.93. The number of nitro groups is 1. The summed E-state index contributed by atoms with van der Waals surface area (Å²) in [5.41, 5.74) is 2.62. The fourth-order valence-electron chi connectivity index (χ4n) is 2.13. The number of pyridine rings is 1. The van der Waals surface area contributed by atoms with E-state index in [-0.39, 0.29) is 29.7 Å². The molecule has 23 heavy (non-hydrogen) atoms. The van der Waals surface area contributed by atoms with E-state index in [2.05, 4.69) is 10.3 Å². The van der Waals surface area contributed by atoms with E-state index in [0.717, 1.165) is 16.7 Å². The van der Waals surface area contributed by atoms with E-state index in [1.54, 1.807) is 0 Å². The van der Waals surface area contributed by atoms with Gasteiger partial charge in [-0.05, 0) is 25.0 Å². The van der Waals surface area contributed by atoms with Crippen molar-refractivity contribution < 1.29 is 14.5 Å². The molecule has 0 saturated heterocycles. The van der Waals surface area contributed by atoms with Gasteiger partial charge in [0.1, 0.15) is 0 Å². The van der Waals surface area contributed by atoms with Crippen molar-refractivity contribution in [1.29, 1.82) is 0 Å². The molecule has 0 aliphatic carbocycles. The quantitative estimate of drug-likeness (QED) is 0.676. The number of aromatic nitrogens is 1. The number of hydrogen-bond acceptors (Lipinski definition) is 5. The van der Waals surface area contributed by atoms with Crippen LogP contribution in [0.2, 0.25) is 0 Å². The predicted molar refractivity (Wildman–Crippen MR) is 85.7 cm³/mol. The third-order valence-electron chi connectivity index (χ3n) is 3.37. The summed E-state index contributed by atoms with van der Waals surface area (Å²) in [5.74, 6) is -0.301. The first-order chi connectivity index (χ1) is 10.9. The molecule has 1 amide bonds. The number of carbonyl (C=O) groups excluding carboxylic acids is 1. The molecule has 0 aliphatic heterocycles. The summed E-state index contributed by atoms with van der Waals surface area (Å²) < 4.78 is 4.94. The summed E-state index contributed by atoms with van der Waals surface area (Å²) in [6.45, 7) is 3.85. The van der Waals surface area contributed by atoms with Crippen LogP contribution in [0.3, 0.4) is 0 Å². The van der Waals surface area contributed by atoms with Crippen LogP contribution in [0.4, 0.5) is 11.5 Å². The molecule has 0 spiro atoms. The number of aryl methyl sites for hydroxylation is 2. The normalized spacial score (nSPS) is 10.2. The largest absolute Gasteiger partial charge is 0.481 e. The number of methoxy groups -OCH3 is 1. The van der Waals surface area contributed by atoms with Gasteiger partial charge in [0.15, 0.2) is 0 Å². The van der Waals surface area contributed by atoms with E-state index in [4.69, 9.17) is 4.74 Å². The van der Waals surface area contributed by atoms with Gasteiger partial charge in [0.25, 0.3) is 0 Å². The lowest BCUT2D eigenvalue weighted by molar-refractivity contribution is -0.384. The van der Waals surface area contributed by atoms with E-state index >= 15 is 0 Å². The molecule has 120 valence electrons. The molecule has 1 aromatic heterocycles. The highest BCUT2D eigenvalue weighted by atomic mass is 16.6. The van der Waals surface area contributed by atoms with E-state index in [0.29, 0.717) is 0 Å². The molecular weight excluding hydrogens is 298 g/mol. The van der Waals surface area contributed by atoms with Crippen LogP contribution in [-0.2, 0) is 11.2 Å². The molecule has 0 atom stereocenters. The van der Waals surface area contributed by atoms with Crippen molar-refractivity contribution in [1.82, 2.24) is 4.98 Å². The summed E-state index contributed by atoms with van der Waals surface area (Å²) in [6.07, 6.45) is 0.115. The zero-order chi connectivity index (χ0) is 17.0. The Morgan fingerprint density at radius 3 is 2.70 bits per heavy atom. The highest BCUT2D eigenvalue weighted by Crippen LogP contribution is 2.25. The molecular formula is C16H17N3O4. The molecule has 0 bridgehead atoms. The molecule has 2 rings (SSSR count). The first-order valence-electron chi connectivity index (χ1n) is 6.96. The monoisotopic (exact) mass is 315 g/mol. The van der Waals surface area contributed by atoms with Gasteiger partial charge in [0.2, 0.25) is 17.6 Å². The number of nitrogens with zero attached hydrogens (tertiary/aromatic N) is 2. The van der Waals surface area contributed by atoms with Crippen LogP contribution in [0, 0.1) is 24.0 Å². The summed E-state index contributed by atoms with van der Waals surface area (Å²) >= 11 is 0. The maximum Gasteiger partial charge on any atom is 0.312 e. The molecule has 2 aromatic rings. The third-order valence-corrected chi connectivity index (χ3v) is 3.37. The lowest BCUT2D eigenvalue weighted by Crippen LogP contribution is -2.17. The molecule has 1 N–H and O–H groups in total. The molecule has 0 saturated carbocycles. The predicted octanol–water partition coefficient (Wildman–Crippen LogP) is 2.80. The van der Waals surface area contributed by atoms with Crippen molar-refractivity contribution in [3.63, 3.8) is 0 Å². The second kappa shape index (κ2) is 6.87. The van der Waals surface area contributed by atoms with Gasteiger partial charge in [-0.3, -0.25) is 14.9 Å². The summed E-state index contributed by atoms with van der Waals surface area (Å²) in [4.78, 5) is 26.6. The Labute approximate surface area is 133 Å². The Morgan fingerprint density at radius 1 is 1.30 bits per heavy atom. The number of carbonyl (C=O) groups is 1. The number of ether oxygens (including phenoxy) is 1. The van der Waals surface area contributed by atoms with Crippen molar-refractivity contribution in [2.24, 2.45) is 0 Å². The lowest BCUT2D eigenvalue weighted by Gasteiger charge is -2.09. The second-order valence-electron chi connectivity index (χ2n) is 5.13. The van der Waals surface area contributed by atoms with E-state index in [9.17, 15) is 14.9 Å². The molecule has 1 heterocycles. The molecule has 0 aliphatic rings. The van der Waals surface area contributed by atoms with Crippen LogP contribution in [0.25, 0.3) is 0 Å². The number of anilines is 1. The maximum atomic E-state index is 12.2. The van der Waals surface area contributed by atoms with Crippen LogP contribution in [0.15, 0.2) is 30.3 Å². The average molecular weight is 315 g/mol.